The molecule has 1 N–H and O–H groups in total. The van der Waals surface area contributed by atoms with Gasteiger partial charge in [0.15, 0.2) is 0 Å². The van der Waals surface area contributed by atoms with Gasteiger partial charge in [-0.25, -0.2) is 4.39 Å². The maximum Gasteiger partial charge on any atom is 0.102 e. The fraction of sp³-hybridized carbons (Fsp3) is 1.00. The zero-order valence-corrected chi connectivity index (χ0v) is 4.52. The van der Waals surface area contributed by atoms with Crippen molar-refractivity contribution in [2.45, 2.75) is 0 Å². The summed E-state index contributed by atoms with van der Waals surface area (Å²) < 4.78 is 10.9. The van der Waals surface area contributed by atoms with E-state index in [1.165, 1.54) is 0 Å². The molecule has 0 aromatic heterocycles. The smallest absolute Gasteiger partial charge is 0.102 e. The van der Waals surface area contributed by atoms with Gasteiger partial charge in [-0.05, 0) is 7.05 Å². The van der Waals surface area contributed by atoms with Gasteiger partial charge in [0.1, 0.15) is 6.67 Å². The third kappa shape index (κ3) is 8.89. The quantitative estimate of drug-likeness (QED) is 0.553. The molecule has 0 aromatic carbocycles. The van der Waals surface area contributed by atoms with Crippen molar-refractivity contribution in [1.82, 2.24) is 5.32 Å². The molecular weight excluding hydrogens is 104 g/mol. The minimum atomic E-state index is -0.267. The third-order valence-corrected chi connectivity index (χ3v) is 0.344. The van der Waals surface area contributed by atoms with Crippen molar-refractivity contribution >= 4 is 12.4 Å². The minimum absolute atomic E-state index is 0. The van der Waals surface area contributed by atoms with Crippen molar-refractivity contribution in [3.05, 3.63) is 0 Å². The Morgan fingerprint density at radius 1 is 1.67 bits per heavy atom. The molecule has 0 amide bonds. The Morgan fingerprint density at radius 3 is 2.17 bits per heavy atom. The first kappa shape index (κ1) is 9.49. The highest BCUT2D eigenvalue weighted by molar-refractivity contribution is 5.85. The van der Waals surface area contributed by atoms with Gasteiger partial charge in [-0.15, -0.1) is 12.4 Å². The van der Waals surface area contributed by atoms with E-state index in [4.69, 9.17) is 0 Å². The van der Waals surface area contributed by atoms with E-state index in [2.05, 4.69) is 5.32 Å². The first-order valence-corrected chi connectivity index (χ1v) is 1.62. The summed E-state index contributed by atoms with van der Waals surface area (Å²) in [5.74, 6) is 0. The van der Waals surface area contributed by atoms with Gasteiger partial charge in [0, 0.05) is 6.54 Å². The molecule has 1 nitrogen and oxygen atoms in total. The Morgan fingerprint density at radius 2 is 2.17 bits per heavy atom. The van der Waals surface area contributed by atoms with Gasteiger partial charge in [-0.1, -0.05) is 0 Å². The first-order chi connectivity index (χ1) is 2.41. The number of rotatable bonds is 2. The van der Waals surface area contributed by atoms with Crippen LogP contribution in [0.3, 0.4) is 0 Å². The Labute approximate surface area is 43.3 Å². The van der Waals surface area contributed by atoms with E-state index >= 15 is 0 Å². The molecule has 0 unspecified atom stereocenters. The molecule has 0 atom stereocenters. The van der Waals surface area contributed by atoms with Crippen molar-refractivity contribution in [3.8, 4) is 0 Å². The number of hydrogen-bond donors (Lipinski definition) is 1. The lowest BCUT2D eigenvalue weighted by Gasteiger charge is -1.82. The molecule has 0 bridgehead atoms. The zero-order valence-electron chi connectivity index (χ0n) is 3.70. The van der Waals surface area contributed by atoms with Crippen LogP contribution in [0.5, 0.6) is 0 Å². The molecule has 0 fully saturated rings. The second kappa shape index (κ2) is 8.95. The minimum Gasteiger partial charge on any atom is -0.317 e. The molecule has 0 radical (unpaired) electrons. The van der Waals surface area contributed by atoms with Crippen LogP contribution >= 0.6 is 12.4 Å². The van der Waals surface area contributed by atoms with Crippen LogP contribution < -0.4 is 5.32 Å². The molecule has 3 heteroatoms. The van der Waals surface area contributed by atoms with E-state index in [1.54, 1.807) is 7.05 Å². The van der Waals surface area contributed by atoms with Crippen LogP contribution in [0.4, 0.5) is 4.39 Å². The molecular formula is C3H9ClFN. The lowest BCUT2D eigenvalue weighted by Crippen LogP contribution is -2.08. The predicted octanol–water partition coefficient (Wildman–Crippen LogP) is 0.597. The maximum atomic E-state index is 10.9. The van der Waals surface area contributed by atoms with E-state index in [9.17, 15) is 4.39 Å². The summed E-state index contributed by atoms with van der Waals surface area (Å²) in [6.07, 6.45) is 0. The topological polar surface area (TPSA) is 12.0 Å². The van der Waals surface area contributed by atoms with Gasteiger partial charge in [0.05, 0.1) is 0 Å². The van der Waals surface area contributed by atoms with E-state index < -0.39 is 0 Å². The monoisotopic (exact) mass is 113 g/mol. The SMILES string of the molecule is CNCCF.Cl. The maximum absolute atomic E-state index is 10.9. The molecule has 6 heavy (non-hydrogen) atoms. The molecule has 0 saturated carbocycles. The van der Waals surface area contributed by atoms with Crippen molar-refractivity contribution in [3.63, 3.8) is 0 Å². The highest BCUT2D eigenvalue weighted by Crippen LogP contribution is 1.55. The van der Waals surface area contributed by atoms with Crippen LogP contribution in [0.25, 0.3) is 0 Å². The van der Waals surface area contributed by atoms with Crippen molar-refractivity contribution in [2.24, 2.45) is 0 Å². The van der Waals surface area contributed by atoms with Crippen LogP contribution in [-0.2, 0) is 0 Å². The summed E-state index contributed by atoms with van der Waals surface area (Å²) in [6.45, 7) is 0.205. The lowest BCUT2D eigenvalue weighted by atomic mass is 10.7. The molecule has 0 aromatic rings. The molecule has 0 aliphatic rings. The normalized spacial score (nSPS) is 7.00. The summed E-state index contributed by atoms with van der Waals surface area (Å²) >= 11 is 0. The summed E-state index contributed by atoms with van der Waals surface area (Å²) in [5, 5.41) is 2.64. The average Bonchev–Trinajstić information content (AvgIpc) is 1.41. The van der Waals surface area contributed by atoms with E-state index in [0.29, 0.717) is 6.54 Å². The number of hydrogen-bond acceptors (Lipinski definition) is 1. The Kier molecular flexibility index (Phi) is 14.2. The Bertz CT molecular complexity index is 18.3. The summed E-state index contributed by atoms with van der Waals surface area (Å²) in [4.78, 5) is 0. The van der Waals surface area contributed by atoms with Crippen molar-refractivity contribution < 1.29 is 4.39 Å². The molecule has 0 saturated heterocycles. The van der Waals surface area contributed by atoms with E-state index in [0.717, 1.165) is 0 Å². The highest BCUT2D eigenvalue weighted by Gasteiger charge is 1.68. The van der Waals surface area contributed by atoms with Crippen LogP contribution in [0.15, 0.2) is 0 Å². The van der Waals surface area contributed by atoms with Crippen molar-refractivity contribution in [1.29, 1.82) is 0 Å². The van der Waals surface area contributed by atoms with Gasteiger partial charge >= 0.3 is 0 Å². The van der Waals surface area contributed by atoms with Gasteiger partial charge in [0.2, 0.25) is 0 Å². The fourth-order valence-electron chi connectivity index (χ4n) is 0.0945. The fourth-order valence-corrected chi connectivity index (χ4v) is 0.0945. The molecule has 0 aliphatic carbocycles. The summed E-state index contributed by atoms with van der Waals surface area (Å²) in [6, 6.07) is 0. The van der Waals surface area contributed by atoms with Gasteiger partial charge in [0.25, 0.3) is 0 Å². The first-order valence-electron chi connectivity index (χ1n) is 1.62. The second-order valence-corrected chi connectivity index (χ2v) is 0.793. The number of alkyl halides is 1. The molecule has 0 spiro atoms. The predicted molar refractivity (Wildman–Crippen MR) is 27.1 cm³/mol. The molecule has 40 valence electrons. The Hall–Kier alpha value is 0.180. The van der Waals surface area contributed by atoms with Crippen LogP contribution in [0.2, 0.25) is 0 Å². The number of nitrogens with one attached hydrogen (secondary N) is 1. The van der Waals surface area contributed by atoms with Gasteiger partial charge < -0.3 is 5.32 Å². The van der Waals surface area contributed by atoms with Crippen LogP contribution in [0, 0.1) is 0 Å². The molecule has 0 aliphatic heterocycles. The lowest BCUT2D eigenvalue weighted by molar-refractivity contribution is 0.481. The molecule has 0 heterocycles. The zero-order chi connectivity index (χ0) is 4.12. The average molecular weight is 114 g/mol. The van der Waals surface area contributed by atoms with Crippen LogP contribution in [0.1, 0.15) is 0 Å². The summed E-state index contributed by atoms with van der Waals surface area (Å²) in [5.41, 5.74) is 0. The standard InChI is InChI=1S/C3H8FN.ClH/c1-5-3-2-4;/h5H,2-3H2,1H3;1H. The van der Waals surface area contributed by atoms with Crippen molar-refractivity contribution in [2.75, 3.05) is 20.3 Å². The van der Waals surface area contributed by atoms with Gasteiger partial charge in [-0.2, -0.15) is 0 Å². The largest absolute Gasteiger partial charge is 0.317 e. The highest BCUT2D eigenvalue weighted by atomic mass is 35.5. The van der Waals surface area contributed by atoms with Crippen LogP contribution in [-0.4, -0.2) is 20.3 Å². The van der Waals surface area contributed by atoms with Gasteiger partial charge in [-0.3, -0.25) is 0 Å². The molecule has 0 rings (SSSR count). The Balaban J connectivity index is 0. The second-order valence-electron chi connectivity index (χ2n) is 0.793. The van der Waals surface area contributed by atoms with E-state index in [-0.39, 0.29) is 19.1 Å². The van der Waals surface area contributed by atoms with E-state index in [1.807, 2.05) is 0 Å². The number of halogens is 2. The summed E-state index contributed by atoms with van der Waals surface area (Å²) in [7, 11) is 1.72. The third-order valence-electron chi connectivity index (χ3n) is 0.344.